The van der Waals surface area contributed by atoms with Gasteiger partial charge in [0.1, 0.15) is 12.1 Å². The number of aliphatic hydroxyl groups excluding tert-OH is 1. The Labute approximate surface area is 153 Å². The van der Waals surface area contributed by atoms with Crippen LogP contribution < -0.4 is 10.6 Å². The van der Waals surface area contributed by atoms with Crippen LogP contribution in [0.15, 0.2) is 12.4 Å². The molecule has 2 aromatic heterocycles. The Hall–Kier alpha value is -2.28. The molecule has 0 bridgehead atoms. The summed E-state index contributed by atoms with van der Waals surface area (Å²) in [6, 6.07) is 2.38. The number of nitrogens with zero attached hydrogens (tertiary/aromatic N) is 4. The topological polar surface area (TPSA) is 95.9 Å². The molecule has 26 heavy (non-hydrogen) atoms. The summed E-state index contributed by atoms with van der Waals surface area (Å²) in [7, 11) is 0. The van der Waals surface area contributed by atoms with E-state index >= 15 is 0 Å². The summed E-state index contributed by atoms with van der Waals surface area (Å²) in [4.78, 5) is 18.0. The summed E-state index contributed by atoms with van der Waals surface area (Å²) in [6.07, 6.45) is 8.31. The number of hydrogen-bond acceptors (Lipinski definition) is 7. The van der Waals surface area contributed by atoms with Gasteiger partial charge in [-0.2, -0.15) is 0 Å². The van der Waals surface area contributed by atoms with Gasteiger partial charge in [-0.25, -0.2) is 19.9 Å². The van der Waals surface area contributed by atoms with Gasteiger partial charge in [-0.15, -0.1) is 0 Å². The third kappa shape index (κ3) is 3.62. The maximum atomic E-state index is 8.91. The van der Waals surface area contributed by atoms with Crippen LogP contribution in [0.25, 0.3) is 0 Å². The molecule has 2 aliphatic rings. The number of aromatic nitrogens is 4. The summed E-state index contributed by atoms with van der Waals surface area (Å²) < 4.78 is 0. The molecule has 0 unspecified atom stereocenters. The average Bonchev–Trinajstić information content (AvgIpc) is 2.63. The summed E-state index contributed by atoms with van der Waals surface area (Å²) >= 11 is 0. The molecule has 0 amide bonds. The lowest BCUT2D eigenvalue weighted by Gasteiger charge is -2.35. The first-order valence-corrected chi connectivity index (χ1v) is 9.52. The number of hydrogen-bond donors (Lipinski definition) is 3. The van der Waals surface area contributed by atoms with Gasteiger partial charge in [-0.3, -0.25) is 0 Å². The Morgan fingerprint density at radius 3 is 2.85 bits per heavy atom. The highest BCUT2D eigenvalue weighted by Gasteiger charge is 2.32. The van der Waals surface area contributed by atoms with Crippen molar-refractivity contribution >= 4 is 11.8 Å². The number of fused-ring (bicyclic) bond motifs is 1. The first-order chi connectivity index (χ1) is 12.7. The van der Waals surface area contributed by atoms with E-state index in [4.69, 9.17) is 10.1 Å². The Morgan fingerprint density at radius 2 is 2.00 bits per heavy atom. The summed E-state index contributed by atoms with van der Waals surface area (Å²) in [5.74, 6) is 1.98. The maximum absolute atomic E-state index is 8.91. The minimum Gasteiger partial charge on any atom is -0.395 e. The molecule has 7 heteroatoms. The second-order valence-electron chi connectivity index (χ2n) is 7.25. The fourth-order valence-corrected chi connectivity index (χ4v) is 3.88. The average molecular weight is 354 g/mol. The lowest BCUT2D eigenvalue weighted by atomic mass is 9.78. The van der Waals surface area contributed by atoms with Crippen molar-refractivity contribution in [3.05, 3.63) is 35.0 Å². The zero-order valence-electron chi connectivity index (χ0n) is 15.2. The van der Waals surface area contributed by atoms with Crippen molar-refractivity contribution < 1.29 is 5.11 Å². The Bertz CT molecular complexity index is 775. The van der Waals surface area contributed by atoms with Crippen molar-refractivity contribution in [1.82, 2.24) is 19.9 Å². The molecule has 2 aliphatic carbocycles. The van der Waals surface area contributed by atoms with Crippen LogP contribution in [0.5, 0.6) is 0 Å². The number of aliphatic hydroxyl groups is 1. The van der Waals surface area contributed by atoms with Gasteiger partial charge in [0, 0.05) is 41.7 Å². The second kappa shape index (κ2) is 7.53. The first-order valence-electron chi connectivity index (χ1n) is 9.52. The zero-order valence-corrected chi connectivity index (χ0v) is 15.2. The molecule has 0 radical (unpaired) electrons. The SMILES string of the molecule is Cc1nc(NC2CC(c3cc(NCCO)ncn3)C2)nc2c1CCCC2. The molecular formula is C19H26N6O. The third-order valence-corrected chi connectivity index (χ3v) is 5.39. The molecule has 0 aromatic carbocycles. The van der Waals surface area contributed by atoms with Crippen LogP contribution >= 0.6 is 0 Å². The van der Waals surface area contributed by atoms with Gasteiger partial charge in [-0.05, 0) is 51.0 Å². The molecular weight excluding hydrogens is 328 g/mol. The first kappa shape index (κ1) is 17.1. The molecule has 2 aromatic rings. The van der Waals surface area contributed by atoms with Crippen molar-refractivity contribution in [3.8, 4) is 0 Å². The normalized spacial score (nSPS) is 21.6. The van der Waals surface area contributed by atoms with Gasteiger partial charge in [0.05, 0.1) is 6.61 Å². The van der Waals surface area contributed by atoms with E-state index < -0.39 is 0 Å². The van der Waals surface area contributed by atoms with E-state index in [1.807, 2.05) is 6.07 Å². The Balaban J connectivity index is 1.36. The number of anilines is 2. The van der Waals surface area contributed by atoms with Crippen LogP contribution in [-0.2, 0) is 12.8 Å². The molecule has 0 aliphatic heterocycles. The summed E-state index contributed by atoms with van der Waals surface area (Å²) in [6.45, 7) is 2.69. The van der Waals surface area contributed by atoms with Crippen molar-refractivity contribution in [3.63, 3.8) is 0 Å². The smallest absolute Gasteiger partial charge is 0.223 e. The predicted molar refractivity (Wildman–Crippen MR) is 100 cm³/mol. The molecule has 0 spiro atoms. The molecule has 3 N–H and O–H groups in total. The molecule has 1 fully saturated rings. The van der Waals surface area contributed by atoms with E-state index in [2.05, 4.69) is 32.5 Å². The number of aryl methyl sites for hydroxylation is 2. The number of nitrogens with one attached hydrogen (secondary N) is 2. The van der Waals surface area contributed by atoms with Crippen molar-refractivity contribution in [2.45, 2.75) is 57.4 Å². The van der Waals surface area contributed by atoms with Crippen LogP contribution in [0, 0.1) is 6.92 Å². The largest absolute Gasteiger partial charge is 0.395 e. The fourth-order valence-electron chi connectivity index (χ4n) is 3.88. The highest BCUT2D eigenvalue weighted by Crippen LogP contribution is 2.37. The van der Waals surface area contributed by atoms with Gasteiger partial charge >= 0.3 is 0 Å². The quantitative estimate of drug-likeness (QED) is 0.732. The Kier molecular flexibility index (Phi) is 4.97. The van der Waals surface area contributed by atoms with E-state index in [0.717, 1.165) is 48.8 Å². The molecule has 0 atom stereocenters. The molecule has 0 saturated heterocycles. The van der Waals surface area contributed by atoms with Crippen LogP contribution in [-0.4, -0.2) is 44.2 Å². The van der Waals surface area contributed by atoms with Crippen molar-refractivity contribution in [1.29, 1.82) is 0 Å². The highest BCUT2D eigenvalue weighted by molar-refractivity contribution is 5.39. The summed E-state index contributed by atoms with van der Waals surface area (Å²) in [5.41, 5.74) is 4.78. The zero-order chi connectivity index (χ0) is 17.9. The summed E-state index contributed by atoms with van der Waals surface area (Å²) in [5, 5.41) is 15.5. The van der Waals surface area contributed by atoms with E-state index in [9.17, 15) is 0 Å². The standard InChI is InChI=1S/C19H26N6O/c1-12-15-4-2-3-5-16(15)25-19(23-12)24-14-8-13(9-14)17-10-18(20-6-7-26)22-11-21-17/h10-11,13-14,26H,2-9H2,1H3,(H,20,21,22)(H,23,24,25). The van der Waals surface area contributed by atoms with Crippen LogP contribution in [0.2, 0.25) is 0 Å². The van der Waals surface area contributed by atoms with Gasteiger partial charge < -0.3 is 15.7 Å². The minimum absolute atomic E-state index is 0.0922. The van der Waals surface area contributed by atoms with Crippen molar-refractivity contribution in [2.75, 3.05) is 23.8 Å². The molecule has 2 heterocycles. The molecule has 138 valence electrons. The van der Waals surface area contributed by atoms with E-state index in [1.165, 1.54) is 24.1 Å². The van der Waals surface area contributed by atoms with Crippen LogP contribution in [0.1, 0.15) is 54.2 Å². The maximum Gasteiger partial charge on any atom is 0.223 e. The Morgan fingerprint density at radius 1 is 1.15 bits per heavy atom. The van der Waals surface area contributed by atoms with Gasteiger partial charge in [0.15, 0.2) is 0 Å². The third-order valence-electron chi connectivity index (χ3n) is 5.39. The van der Waals surface area contributed by atoms with E-state index in [1.54, 1.807) is 6.33 Å². The molecule has 1 saturated carbocycles. The monoisotopic (exact) mass is 354 g/mol. The minimum atomic E-state index is 0.0922. The van der Waals surface area contributed by atoms with Gasteiger partial charge in [-0.1, -0.05) is 0 Å². The lowest BCUT2D eigenvalue weighted by Crippen LogP contribution is -2.35. The van der Waals surface area contributed by atoms with E-state index in [0.29, 0.717) is 18.5 Å². The predicted octanol–water partition coefficient (Wildman–Crippen LogP) is 2.22. The number of rotatable bonds is 6. The lowest BCUT2D eigenvalue weighted by molar-refractivity contribution is 0.311. The van der Waals surface area contributed by atoms with Crippen LogP contribution in [0.4, 0.5) is 11.8 Å². The van der Waals surface area contributed by atoms with Crippen molar-refractivity contribution in [2.24, 2.45) is 0 Å². The highest BCUT2D eigenvalue weighted by atomic mass is 16.3. The second-order valence-corrected chi connectivity index (χ2v) is 7.25. The fraction of sp³-hybridized carbons (Fsp3) is 0.579. The molecule has 7 nitrogen and oxygen atoms in total. The van der Waals surface area contributed by atoms with Gasteiger partial charge in [0.25, 0.3) is 0 Å². The van der Waals surface area contributed by atoms with Gasteiger partial charge in [0.2, 0.25) is 5.95 Å². The van der Waals surface area contributed by atoms with E-state index in [-0.39, 0.29) is 6.61 Å². The molecule has 4 rings (SSSR count). The van der Waals surface area contributed by atoms with Crippen LogP contribution in [0.3, 0.4) is 0 Å².